The van der Waals surface area contributed by atoms with Crippen LogP contribution in [0.2, 0.25) is 0 Å². The smallest absolute Gasteiger partial charge is 0.359 e. The van der Waals surface area contributed by atoms with Crippen LogP contribution in [0.25, 0.3) is 0 Å². The van der Waals surface area contributed by atoms with E-state index in [1.165, 1.54) is 35.1 Å². The number of benzene rings is 1. The largest absolute Gasteiger partial charge is 0.508 e. The summed E-state index contributed by atoms with van der Waals surface area (Å²) in [5.41, 5.74) is 2.99. The first-order valence-electron chi connectivity index (χ1n) is 9.77. The fraction of sp³-hybridized carbons (Fsp3) is 0.650. The fourth-order valence-corrected chi connectivity index (χ4v) is 6.09. The molecular weight excluding hydrogens is 382 g/mol. The second-order valence-corrected chi connectivity index (χ2v) is 9.72. The van der Waals surface area contributed by atoms with Crippen molar-refractivity contribution in [3.63, 3.8) is 0 Å². The van der Waals surface area contributed by atoms with Gasteiger partial charge in [-0.3, -0.25) is 9.35 Å². The molecule has 28 heavy (non-hydrogen) atoms. The van der Waals surface area contributed by atoms with Gasteiger partial charge in [-0.05, 0) is 85.0 Å². The summed E-state index contributed by atoms with van der Waals surface area (Å²) in [6, 6.07) is 5.96. The third-order valence-electron chi connectivity index (χ3n) is 6.93. The minimum Gasteiger partial charge on any atom is -0.508 e. The Hall–Kier alpha value is -1.64. The third kappa shape index (κ3) is 4.18. The lowest BCUT2D eigenvalue weighted by Crippen LogP contribution is -2.43. The number of hydrogen-bond acceptors (Lipinski definition) is 5. The van der Waals surface area contributed by atoms with E-state index < -0.39 is 16.2 Å². The Balaban J connectivity index is 0.000000242. The standard InChI is InChI=1S/C18H24O2.C2H5NO4S/c1-18-9-8-14-13-5-3-12(19)10-11(13)2-4-15(14)16(18)6-7-17(18)20;1-2(4)3-8(5,6)7/h3,5,10,14-17,19-20H,2,4,6-9H2,1H3;1H3,(H,3,4)(H,5,6,7)/t14-,15-,16+,17?,18+;/m1./s1. The monoisotopic (exact) mass is 411 g/mol. The van der Waals surface area contributed by atoms with Gasteiger partial charge < -0.3 is 10.2 Å². The minimum absolute atomic E-state index is 0.0883. The van der Waals surface area contributed by atoms with Gasteiger partial charge in [-0.1, -0.05) is 13.0 Å². The molecule has 1 aromatic carbocycles. The van der Waals surface area contributed by atoms with Crippen molar-refractivity contribution >= 4 is 16.2 Å². The number of nitrogens with one attached hydrogen (secondary N) is 1. The first kappa shape index (κ1) is 21.1. The zero-order chi connectivity index (χ0) is 20.7. The summed E-state index contributed by atoms with van der Waals surface area (Å²) < 4.78 is 28.4. The molecule has 2 fully saturated rings. The highest BCUT2D eigenvalue weighted by Crippen LogP contribution is 2.60. The molecule has 8 heteroatoms. The lowest BCUT2D eigenvalue weighted by Gasteiger charge is -2.50. The molecule has 4 rings (SSSR count). The average Bonchev–Trinajstić information content (AvgIpc) is 2.88. The van der Waals surface area contributed by atoms with Crippen LogP contribution in [0, 0.1) is 17.3 Å². The maximum Gasteiger partial charge on any atom is 0.359 e. The van der Waals surface area contributed by atoms with Gasteiger partial charge >= 0.3 is 10.3 Å². The van der Waals surface area contributed by atoms with E-state index in [0.717, 1.165) is 32.1 Å². The molecule has 0 heterocycles. The summed E-state index contributed by atoms with van der Waals surface area (Å²) in [6.45, 7) is 3.30. The Labute approximate surface area is 166 Å². The van der Waals surface area contributed by atoms with Gasteiger partial charge in [-0.15, -0.1) is 0 Å². The molecular formula is C20H29NO6S. The van der Waals surface area contributed by atoms with Gasteiger partial charge in [0.05, 0.1) is 6.10 Å². The molecule has 0 aliphatic heterocycles. The highest BCUT2D eigenvalue weighted by molar-refractivity contribution is 7.84. The van der Waals surface area contributed by atoms with E-state index in [0.29, 0.717) is 17.6 Å². The Morgan fingerprint density at radius 2 is 1.93 bits per heavy atom. The van der Waals surface area contributed by atoms with Crippen LogP contribution in [0.15, 0.2) is 18.2 Å². The van der Waals surface area contributed by atoms with Gasteiger partial charge in [-0.2, -0.15) is 8.42 Å². The number of aliphatic hydroxyl groups is 1. The molecule has 156 valence electrons. The molecule has 3 aliphatic carbocycles. The van der Waals surface area contributed by atoms with Crippen LogP contribution in [0.1, 0.15) is 63.0 Å². The second-order valence-electron chi connectivity index (χ2n) is 8.57. The van der Waals surface area contributed by atoms with Crippen LogP contribution in [0.3, 0.4) is 0 Å². The average molecular weight is 412 g/mol. The molecule has 1 unspecified atom stereocenters. The van der Waals surface area contributed by atoms with Crippen LogP contribution >= 0.6 is 0 Å². The van der Waals surface area contributed by atoms with E-state index >= 15 is 0 Å². The first-order chi connectivity index (χ1) is 13.0. The number of fused-ring (bicyclic) bond motifs is 5. The van der Waals surface area contributed by atoms with Crippen LogP contribution in [-0.2, 0) is 21.5 Å². The number of carbonyl (C=O) groups excluding carboxylic acids is 1. The number of amides is 1. The molecule has 5 atom stereocenters. The zero-order valence-electron chi connectivity index (χ0n) is 16.3. The minimum atomic E-state index is -4.32. The lowest BCUT2D eigenvalue weighted by atomic mass is 9.55. The molecule has 0 radical (unpaired) electrons. The molecule has 7 nitrogen and oxygen atoms in total. The Morgan fingerprint density at radius 1 is 1.21 bits per heavy atom. The normalized spacial score (nSPS) is 33.6. The topological polar surface area (TPSA) is 124 Å². The van der Waals surface area contributed by atoms with E-state index in [4.69, 9.17) is 4.55 Å². The molecule has 1 amide bonds. The van der Waals surface area contributed by atoms with Gasteiger partial charge in [0.25, 0.3) is 0 Å². The molecule has 0 saturated heterocycles. The van der Waals surface area contributed by atoms with E-state index in [2.05, 4.69) is 13.0 Å². The molecule has 1 aromatic rings. The van der Waals surface area contributed by atoms with Crippen LogP contribution in [-0.4, -0.2) is 35.2 Å². The number of phenolic OH excluding ortho intramolecular Hbond substituents is 1. The van der Waals surface area contributed by atoms with Crippen molar-refractivity contribution in [2.75, 3.05) is 0 Å². The SMILES string of the molecule is CC(=O)NS(=O)(=O)O.C[C@]12CC[C@@H]3c4ccc(O)cc4CC[C@H]3[C@@H]1CCC2O. The zero-order valence-corrected chi connectivity index (χ0v) is 17.1. The van der Waals surface area contributed by atoms with Crippen molar-refractivity contribution in [3.8, 4) is 5.75 Å². The Morgan fingerprint density at radius 3 is 2.54 bits per heavy atom. The molecule has 2 saturated carbocycles. The van der Waals surface area contributed by atoms with Crippen molar-refractivity contribution in [2.24, 2.45) is 17.3 Å². The summed E-state index contributed by atoms with van der Waals surface area (Å²) in [4.78, 5) is 9.81. The van der Waals surface area contributed by atoms with Crippen LogP contribution < -0.4 is 4.72 Å². The molecule has 0 bridgehead atoms. The summed E-state index contributed by atoms with van der Waals surface area (Å²) in [5, 5.41) is 20.0. The van der Waals surface area contributed by atoms with E-state index in [9.17, 15) is 23.4 Å². The molecule has 4 N–H and O–H groups in total. The molecule has 3 aliphatic rings. The number of aliphatic hydroxyl groups excluding tert-OH is 1. The summed E-state index contributed by atoms with van der Waals surface area (Å²) in [5.74, 6) is 1.68. The van der Waals surface area contributed by atoms with E-state index in [-0.39, 0.29) is 11.5 Å². The highest BCUT2D eigenvalue weighted by atomic mass is 32.2. The number of carbonyl (C=O) groups is 1. The number of hydrogen-bond donors (Lipinski definition) is 4. The fourth-order valence-electron chi connectivity index (χ4n) is 5.72. The summed E-state index contributed by atoms with van der Waals surface area (Å²) in [7, 11) is -4.32. The van der Waals surface area contributed by atoms with Crippen molar-refractivity contribution in [2.45, 2.75) is 64.4 Å². The Kier molecular flexibility index (Phi) is 5.76. The van der Waals surface area contributed by atoms with E-state index in [1.54, 1.807) is 0 Å². The number of aromatic hydroxyl groups is 1. The summed E-state index contributed by atoms with van der Waals surface area (Å²) >= 11 is 0. The van der Waals surface area contributed by atoms with Crippen LogP contribution in [0.4, 0.5) is 0 Å². The number of rotatable bonds is 1. The third-order valence-corrected chi connectivity index (χ3v) is 7.48. The van der Waals surface area contributed by atoms with Crippen molar-refractivity contribution in [1.29, 1.82) is 0 Å². The lowest BCUT2D eigenvalue weighted by molar-refractivity contribution is -0.117. The maximum atomic E-state index is 10.4. The van der Waals surface area contributed by atoms with Crippen molar-refractivity contribution in [3.05, 3.63) is 29.3 Å². The van der Waals surface area contributed by atoms with Gasteiger partial charge in [-0.25, -0.2) is 4.72 Å². The predicted molar refractivity (Wildman–Crippen MR) is 104 cm³/mol. The van der Waals surface area contributed by atoms with Gasteiger partial charge in [0.15, 0.2) is 0 Å². The Bertz CT molecular complexity index is 854. The van der Waals surface area contributed by atoms with Crippen molar-refractivity contribution in [1.82, 2.24) is 4.72 Å². The molecule has 0 aromatic heterocycles. The highest BCUT2D eigenvalue weighted by Gasteiger charge is 2.54. The van der Waals surface area contributed by atoms with Gasteiger partial charge in [0.2, 0.25) is 5.91 Å². The second kappa shape index (κ2) is 7.65. The molecule has 0 spiro atoms. The maximum absolute atomic E-state index is 10.4. The number of phenols is 1. The van der Waals surface area contributed by atoms with Gasteiger partial charge in [0, 0.05) is 6.92 Å². The quantitative estimate of drug-likeness (QED) is 0.527. The summed E-state index contributed by atoms with van der Waals surface area (Å²) in [6.07, 6.45) is 6.78. The predicted octanol–water partition coefficient (Wildman–Crippen LogP) is 2.53. The van der Waals surface area contributed by atoms with Crippen molar-refractivity contribution < 1.29 is 28.0 Å². The number of aryl methyl sites for hydroxylation is 1. The first-order valence-corrected chi connectivity index (χ1v) is 11.2. The van der Waals surface area contributed by atoms with E-state index in [1.807, 2.05) is 12.1 Å². The van der Waals surface area contributed by atoms with Crippen LogP contribution in [0.5, 0.6) is 5.75 Å². The van der Waals surface area contributed by atoms with Gasteiger partial charge in [0.1, 0.15) is 5.75 Å².